The van der Waals surface area contributed by atoms with Gasteiger partial charge in [0.1, 0.15) is 0 Å². The SMILES string of the molecule is CC(C)N1C[C@H](c2cccc(C(F)(F)F)c2)C2(CCNCC2)C1=O. The molecule has 6 heteroatoms. The van der Waals surface area contributed by atoms with Crippen LogP contribution in [0.4, 0.5) is 13.2 Å². The van der Waals surface area contributed by atoms with Crippen LogP contribution in [0, 0.1) is 5.41 Å². The molecular formula is C18H23F3N2O. The molecule has 1 amide bonds. The number of benzene rings is 1. The maximum absolute atomic E-state index is 13.1. The molecule has 2 saturated heterocycles. The maximum Gasteiger partial charge on any atom is 0.416 e. The number of halogens is 3. The number of nitrogens with zero attached hydrogens (tertiary/aromatic N) is 1. The van der Waals surface area contributed by atoms with E-state index < -0.39 is 17.2 Å². The Kier molecular flexibility index (Phi) is 4.36. The third kappa shape index (κ3) is 2.81. The van der Waals surface area contributed by atoms with E-state index in [0.29, 0.717) is 24.9 Å². The zero-order valence-electron chi connectivity index (χ0n) is 14.0. The second-order valence-corrected chi connectivity index (χ2v) is 7.13. The molecule has 1 atom stereocenters. The van der Waals surface area contributed by atoms with Crippen molar-refractivity contribution in [3.8, 4) is 0 Å². The van der Waals surface area contributed by atoms with Crippen molar-refractivity contribution in [1.82, 2.24) is 10.2 Å². The highest BCUT2D eigenvalue weighted by atomic mass is 19.4. The Balaban J connectivity index is 2.03. The molecule has 1 aromatic carbocycles. The van der Waals surface area contributed by atoms with Gasteiger partial charge in [-0.1, -0.05) is 18.2 Å². The molecule has 0 saturated carbocycles. The van der Waals surface area contributed by atoms with Crippen molar-refractivity contribution in [1.29, 1.82) is 0 Å². The van der Waals surface area contributed by atoms with Crippen molar-refractivity contribution in [2.45, 2.75) is 44.8 Å². The second kappa shape index (κ2) is 6.06. The fourth-order valence-electron chi connectivity index (χ4n) is 4.13. The summed E-state index contributed by atoms with van der Waals surface area (Å²) in [6.07, 6.45) is -3.01. The number of likely N-dealkylation sites (tertiary alicyclic amines) is 1. The van der Waals surface area contributed by atoms with E-state index in [0.717, 1.165) is 19.2 Å². The Hall–Kier alpha value is -1.56. The summed E-state index contributed by atoms with van der Waals surface area (Å²) in [5.41, 5.74) is -0.581. The Morgan fingerprint density at radius 1 is 1.25 bits per heavy atom. The summed E-state index contributed by atoms with van der Waals surface area (Å²) < 4.78 is 39.2. The summed E-state index contributed by atoms with van der Waals surface area (Å²) in [5.74, 6) is -0.0850. The fourth-order valence-corrected chi connectivity index (χ4v) is 4.13. The largest absolute Gasteiger partial charge is 0.416 e. The van der Waals surface area contributed by atoms with Crippen LogP contribution in [0.15, 0.2) is 24.3 Å². The van der Waals surface area contributed by atoms with Crippen LogP contribution < -0.4 is 5.32 Å². The van der Waals surface area contributed by atoms with Crippen molar-refractivity contribution in [2.24, 2.45) is 5.41 Å². The number of hydrogen-bond acceptors (Lipinski definition) is 2. The van der Waals surface area contributed by atoms with Crippen LogP contribution in [0.2, 0.25) is 0 Å². The van der Waals surface area contributed by atoms with Gasteiger partial charge in [-0.05, 0) is 51.4 Å². The number of piperidine rings is 1. The molecule has 3 rings (SSSR count). The summed E-state index contributed by atoms with van der Waals surface area (Å²) in [6.45, 7) is 5.88. The van der Waals surface area contributed by atoms with Crippen LogP contribution >= 0.6 is 0 Å². The average Bonchev–Trinajstić information content (AvgIpc) is 2.81. The normalized spacial score (nSPS) is 24.2. The number of rotatable bonds is 2. The molecule has 0 radical (unpaired) electrons. The van der Waals surface area contributed by atoms with E-state index in [1.165, 1.54) is 12.1 Å². The van der Waals surface area contributed by atoms with Crippen LogP contribution in [-0.2, 0) is 11.0 Å². The molecule has 2 fully saturated rings. The molecule has 0 aromatic heterocycles. The summed E-state index contributed by atoms with van der Waals surface area (Å²) in [6, 6.07) is 5.57. The van der Waals surface area contributed by atoms with E-state index in [2.05, 4.69) is 5.32 Å². The Morgan fingerprint density at radius 2 is 1.92 bits per heavy atom. The van der Waals surface area contributed by atoms with Crippen molar-refractivity contribution < 1.29 is 18.0 Å². The minimum absolute atomic E-state index is 0.0556. The Labute approximate surface area is 140 Å². The highest BCUT2D eigenvalue weighted by Gasteiger charge is 2.55. The first-order valence-corrected chi connectivity index (χ1v) is 8.44. The first-order valence-electron chi connectivity index (χ1n) is 8.44. The van der Waals surface area contributed by atoms with Gasteiger partial charge in [0.15, 0.2) is 0 Å². The fraction of sp³-hybridized carbons (Fsp3) is 0.611. The number of amides is 1. The minimum atomic E-state index is -4.36. The summed E-state index contributed by atoms with van der Waals surface area (Å²) in [5, 5.41) is 3.26. The number of nitrogens with one attached hydrogen (secondary N) is 1. The Bertz CT molecular complexity index is 621. The molecular weight excluding hydrogens is 317 g/mol. The van der Waals surface area contributed by atoms with Gasteiger partial charge >= 0.3 is 6.18 Å². The van der Waals surface area contributed by atoms with Crippen molar-refractivity contribution in [3.63, 3.8) is 0 Å². The van der Waals surface area contributed by atoms with E-state index in [-0.39, 0.29) is 17.9 Å². The first-order chi connectivity index (χ1) is 11.3. The third-order valence-electron chi connectivity index (χ3n) is 5.47. The standard InChI is InChI=1S/C18H23F3N2O/c1-12(2)23-11-15(17(16(23)24)6-8-22-9-7-17)13-4-3-5-14(10-13)18(19,20)21/h3-5,10,12,15,22H,6-9,11H2,1-2H3/t15-/m1/s1. The van der Waals surface area contributed by atoms with Crippen LogP contribution in [0.3, 0.4) is 0 Å². The van der Waals surface area contributed by atoms with Gasteiger partial charge in [-0.2, -0.15) is 13.2 Å². The maximum atomic E-state index is 13.1. The van der Waals surface area contributed by atoms with Crippen molar-refractivity contribution in [3.05, 3.63) is 35.4 Å². The van der Waals surface area contributed by atoms with Crippen LogP contribution in [0.1, 0.15) is 43.7 Å². The summed E-state index contributed by atoms with van der Waals surface area (Å²) in [7, 11) is 0. The summed E-state index contributed by atoms with van der Waals surface area (Å²) in [4.78, 5) is 14.9. The lowest BCUT2D eigenvalue weighted by atomic mass is 9.68. The first kappa shape index (κ1) is 17.3. The predicted octanol–water partition coefficient (Wildman–Crippen LogP) is 3.41. The highest BCUT2D eigenvalue weighted by Crippen LogP contribution is 2.50. The monoisotopic (exact) mass is 340 g/mol. The van der Waals surface area contributed by atoms with Gasteiger partial charge in [-0.15, -0.1) is 0 Å². The van der Waals surface area contributed by atoms with E-state index in [1.807, 2.05) is 18.7 Å². The smallest absolute Gasteiger partial charge is 0.339 e. The van der Waals surface area contributed by atoms with Gasteiger partial charge in [0.2, 0.25) is 5.91 Å². The lowest BCUT2D eigenvalue weighted by molar-refractivity contribution is -0.139. The molecule has 1 N–H and O–H groups in total. The number of carbonyl (C=O) groups excluding carboxylic acids is 1. The third-order valence-corrected chi connectivity index (χ3v) is 5.47. The van der Waals surface area contributed by atoms with Gasteiger partial charge in [0.25, 0.3) is 0 Å². The molecule has 0 unspecified atom stereocenters. The van der Waals surface area contributed by atoms with Crippen molar-refractivity contribution >= 4 is 5.91 Å². The quantitative estimate of drug-likeness (QED) is 0.895. The molecule has 24 heavy (non-hydrogen) atoms. The lowest BCUT2D eigenvalue weighted by Crippen LogP contribution is -2.45. The minimum Gasteiger partial charge on any atom is -0.339 e. The molecule has 132 valence electrons. The Morgan fingerprint density at radius 3 is 2.50 bits per heavy atom. The predicted molar refractivity (Wildman–Crippen MR) is 85.6 cm³/mol. The van der Waals surface area contributed by atoms with Gasteiger partial charge in [-0.25, -0.2) is 0 Å². The number of alkyl halides is 3. The zero-order valence-corrected chi connectivity index (χ0v) is 14.0. The van der Waals surface area contributed by atoms with E-state index in [4.69, 9.17) is 0 Å². The lowest BCUT2D eigenvalue weighted by Gasteiger charge is -2.37. The van der Waals surface area contributed by atoms with E-state index >= 15 is 0 Å². The summed E-state index contributed by atoms with van der Waals surface area (Å²) >= 11 is 0. The van der Waals surface area contributed by atoms with Crippen LogP contribution in [-0.4, -0.2) is 36.5 Å². The average molecular weight is 340 g/mol. The van der Waals surface area contributed by atoms with Gasteiger partial charge in [0, 0.05) is 18.5 Å². The highest BCUT2D eigenvalue weighted by molar-refractivity contribution is 5.87. The second-order valence-electron chi connectivity index (χ2n) is 7.13. The van der Waals surface area contributed by atoms with Gasteiger partial charge < -0.3 is 10.2 Å². The van der Waals surface area contributed by atoms with E-state index in [1.54, 1.807) is 6.07 Å². The van der Waals surface area contributed by atoms with Crippen LogP contribution in [0.5, 0.6) is 0 Å². The topological polar surface area (TPSA) is 32.3 Å². The molecule has 1 spiro atoms. The molecule has 2 heterocycles. The molecule has 0 bridgehead atoms. The molecule has 2 aliphatic heterocycles. The van der Waals surface area contributed by atoms with Crippen LogP contribution in [0.25, 0.3) is 0 Å². The van der Waals surface area contributed by atoms with E-state index in [9.17, 15) is 18.0 Å². The zero-order chi connectivity index (χ0) is 17.5. The molecule has 3 nitrogen and oxygen atoms in total. The molecule has 2 aliphatic rings. The van der Waals surface area contributed by atoms with Gasteiger partial charge in [-0.3, -0.25) is 4.79 Å². The van der Waals surface area contributed by atoms with Gasteiger partial charge in [0.05, 0.1) is 11.0 Å². The molecule has 0 aliphatic carbocycles. The number of hydrogen-bond donors (Lipinski definition) is 1. The molecule has 1 aromatic rings. The number of carbonyl (C=O) groups is 1. The van der Waals surface area contributed by atoms with Crippen molar-refractivity contribution in [2.75, 3.05) is 19.6 Å².